The van der Waals surface area contributed by atoms with Crippen molar-refractivity contribution in [3.8, 4) is 27.6 Å². The number of aromatic nitrogens is 4. The number of halogens is 2. The molecule has 0 saturated carbocycles. The van der Waals surface area contributed by atoms with E-state index in [0.717, 1.165) is 16.8 Å². The number of hydrogen-bond acceptors (Lipinski definition) is 5. The van der Waals surface area contributed by atoms with Crippen molar-refractivity contribution in [1.82, 2.24) is 20.0 Å². The van der Waals surface area contributed by atoms with Gasteiger partial charge >= 0.3 is 0 Å². The summed E-state index contributed by atoms with van der Waals surface area (Å²) in [5, 5.41) is 10.8. The summed E-state index contributed by atoms with van der Waals surface area (Å²) in [5.74, 6) is -0.185. The Labute approximate surface area is 157 Å². The highest BCUT2D eigenvalue weighted by Gasteiger charge is 2.18. The molecule has 4 aromatic rings. The molecule has 0 amide bonds. The molecular weight excluding hydrogens is 373 g/mol. The Bertz CT molecular complexity index is 1100. The lowest BCUT2D eigenvalue weighted by Crippen LogP contribution is -2.02. The molecule has 2 aromatic carbocycles. The zero-order chi connectivity index (χ0) is 18.3. The molecule has 2 aromatic heterocycles. The minimum atomic E-state index is -0.503. The Kier molecular flexibility index (Phi) is 4.18. The topological polar surface area (TPSA) is 69.6 Å². The van der Waals surface area contributed by atoms with Crippen LogP contribution in [-0.4, -0.2) is 20.0 Å². The van der Waals surface area contributed by atoms with E-state index in [-0.39, 0.29) is 5.02 Å². The van der Waals surface area contributed by atoms with Crippen LogP contribution in [0.2, 0.25) is 5.02 Å². The lowest BCUT2D eigenvalue weighted by Gasteiger charge is -2.04. The van der Waals surface area contributed by atoms with Crippen LogP contribution in [0.15, 0.2) is 47.8 Å². The van der Waals surface area contributed by atoms with Gasteiger partial charge < -0.3 is 5.73 Å². The van der Waals surface area contributed by atoms with Gasteiger partial charge in [-0.15, -0.1) is 16.4 Å². The lowest BCUT2D eigenvalue weighted by molar-refractivity contribution is 0.627. The maximum absolute atomic E-state index is 13.4. The summed E-state index contributed by atoms with van der Waals surface area (Å²) in [4.78, 5) is 4.65. The Morgan fingerprint density at radius 1 is 1.19 bits per heavy atom. The molecule has 8 heteroatoms. The van der Waals surface area contributed by atoms with Crippen LogP contribution in [0.1, 0.15) is 5.56 Å². The molecule has 0 unspecified atom stereocenters. The van der Waals surface area contributed by atoms with Crippen molar-refractivity contribution in [3.05, 3.63) is 64.2 Å². The molecule has 2 N–H and O–H groups in total. The Morgan fingerprint density at radius 3 is 2.77 bits per heavy atom. The van der Waals surface area contributed by atoms with Crippen LogP contribution in [0.3, 0.4) is 0 Å². The first kappa shape index (κ1) is 16.7. The van der Waals surface area contributed by atoms with Crippen LogP contribution in [0, 0.1) is 12.7 Å². The zero-order valence-electron chi connectivity index (χ0n) is 13.6. The second kappa shape index (κ2) is 6.51. The van der Waals surface area contributed by atoms with E-state index in [4.69, 9.17) is 17.3 Å². The van der Waals surface area contributed by atoms with Crippen molar-refractivity contribution in [2.45, 2.75) is 6.92 Å². The molecule has 130 valence electrons. The van der Waals surface area contributed by atoms with Crippen LogP contribution in [0.5, 0.6) is 0 Å². The third-order valence-corrected chi connectivity index (χ3v) is 5.12. The summed E-state index contributed by atoms with van der Waals surface area (Å²) in [6.45, 7) is 2.04. The average molecular weight is 386 g/mol. The zero-order valence-corrected chi connectivity index (χ0v) is 15.2. The molecule has 0 atom stereocenters. The van der Waals surface area contributed by atoms with Crippen LogP contribution in [-0.2, 0) is 0 Å². The van der Waals surface area contributed by atoms with Gasteiger partial charge in [-0.1, -0.05) is 41.1 Å². The minimum Gasteiger partial charge on any atom is -0.382 e. The number of thiazole rings is 1. The number of nitrogens with zero attached hydrogens (tertiary/aromatic N) is 4. The minimum absolute atomic E-state index is 0.00459. The second-order valence-corrected chi connectivity index (χ2v) is 6.95. The van der Waals surface area contributed by atoms with Crippen molar-refractivity contribution in [1.29, 1.82) is 0 Å². The van der Waals surface area contributed by atoms with Gasteiger partial charge in [-0.25, -0.2) is 9.37 Å². The van der Waals surface area contributed by atoms with E-state index in [0.29, 0.717) is 22.2 Å². The quantitative estimate of drug-likeness (QED) is 0.553. The molecule has 0 aliphatic rings. The number of anilines is 1. The summed E-state index contributed by atoms with van der Waals surface area (Å²) in [7, 11) is 0. The van der Waals surface area contributed by atoms with E-state index in [1.165, 1.54) is 34.2 Å². The second-order valence-electron chi connectivity index (χ2n) is 5.69. The summed E-state index contributed by atoms with van der Waals surface area (Å²) < 4.78 is 14.8. The molecule has 5 nitrogen and oxygen atoms in total. The number of hydrogen-bond donors (Lipinski definition) is 1. The fourth-order valence-electron chi connectivity index (χ4n) is 2.62. The van der Waals surface area contributed by atoms with E-state index in [2.05, 4.69) is 15.3 Å². The average Bonchev–Trinajstić information content (AvgIpc) is 3.24. The van der Waals surface area contributed by atoms with Crippen molar-refractivity contribution in [2.24, 2.45) is 0 Å². The van der Waals surface area contributed by atoms with Gasteiger partial charge in [-0.05, 0) is 30.7 Å². The van der Waals surface area contributed by atoms with E-state index >= 15 is 0 Å². The SMILES string of the molecule is Cc1ccccc1-c1csc(-c2nnn(-c3ccc(F)c(Cl)c3)c2N)n1. The van der Waals surface area contributed by atoms with Crippen molar-refractivity contribution in [3.63, 3.8) is 0 Å². The maximum Gasteiger partial charge on any atom is 0.165 e. The molecule has 0 spiro atoms. The van der Waals surface area contributed by atoms with E-state index < -0.39 is 5.82 Å². The molecule has 4 rings (SSSR count). The molecule has 0 bridgehead atoms. The van der Waals surface area contributed by atoms with Crippen LogP contribution >= 0.6 is 22.9 Å². The Morgan fingerprint density at radius 2 is 2.00 bits per heavy atom. The standard InChI is InChI=1S/C18H13ClFN5S/c1-10-4-2-3-5-12(10)15-9-26-18(22-15)16-17(21)25(24-23-16)11-6-7-14(20)13(19)8-11/h2-9H,21H2,1H3. The summed E-state index contributed by atoms with van der Waals surface area (Å²) in [6.07, 6.45) is 0. The highest BCUT2D eigenvalue weighted by atomic mass is 35.5. The smallest absolute Gasteiger partial charge is 0.165 e. The van der Waals surface area contributed by atoms with Crippen LogP contribution in [0.4, 0.5) is 10.2 Å². The first-order chi connectivity index (χ1) is 12.5. The number of benzene rings is 2. The van der Waals surface area contributed by atoms with Gasteiger partial charge in [0, 0.05) is 10.9 Å². The van der Waals surface area contributed by atoms with Crippen molar-refractivity contribution < 1.29 is 4.39 Å². The van der Waals surface area contributed by atoms with Crippen molar-refractivity contribution >= 4 is 28.8 Å². The maximum atomic E-state index is 13.4. The highest BCUT2D eigenvalue weighted by molar-refractivity contribution is 7.13. The van der Waals surface area contributed by atoms with Crippen LogP contribution in [0.25, 0.3) is 27.6 Å². The van der Waals surface area contributed by atoms with Gasteiger partial charge in [0.1, 0.15) is 10.8 Å². The molecule has 0 aliphatic carbocycles. The van der Waals surface area contributed by atoms with E-state index in [1.807, 2.05) is 36.6 Å². The van der Waals surface area contributed by atoms with Gasteiger partial charge in [-0.2, -0.15) is 4.68 Å². The Balaban J connectivity index is 1.73. The monoisotopic (exact) mass is 385 g/mol. The number of rotatable bonds is 3. The number of nitrogen functional groups attached to an aromatic ring is 1. The first-order valence-corrected chi connectivity index (χ1v) is 8.99. The molecule has 2 heterocycles. The summed E-state index contributed by atoms with van der Waals surface area (Å²) in [6, 6.07) is 12.3. The third-order valence-electron chi connectivity index (χ3n) is 3.98. The fraction of sp³-hybridized carbons (Fsp3) is 0.0556. The third kappa shape index (κ3) is 2.85. The Hall–Kier alpha value is -2.77. The predicted molar refractivity (Wildman–Crippen MR) is 102 cm³/mol. The van der Waals surface area contributed by atoms with Gasteiger partial charge in [0.05, 0.1) is 16.4 Å². The molecule has 0 fully saturated rings. The molecule has 26 heavy (non-hydrogen) atoms. The normalized spacial score (nSPS) is 11.0. The largest absolute Gasteiger partial charge is 0.382 e. The number of aryl methyl sites for hydroxylation is 1. The van der Waals surface area contributed by atoms with Gasteiger partial charge in [0.15, 0.2) is 11.5 Å². The van der Waals surface area contributed by atoms with Gasteiger partial charge in [0.2, 0.25) is 0 Å². The first-order valence-electron chi connectivity index (χ1n) is 7.73. The predicted octanol–water partition coefficient (Wildman–Crippen LogP) is 4.74. The molecule has 0 saturated heterocycles. The lowest BCUT2D eigenvalue weighted by atomic mass is 10.1. The number of nitrogens with two attached hydrogens (primary N) is 1. The summed E-state index contributed by atoms with van der Waals surface area (Å²) in [5.41, 5.74) is 10.3. The van der Waals surface area contributed by atoms with Crippen molar-refractivity contribution in [2.75, 3.05) is 5.73 Å². The molecular formula is C18H13ClFN5S. The molecule has 0 radical (unpaired) electrons. The fourth-order valence-corrected chi connectivity index (χ4v) is 3.60. The van der Waals surface area contributed by atoms with Crippen LogP contribution < -0.4 is 5.73 Å². The van der Waals surface area contributed by atoms with Gasteiger partial charge in [-0.3, -0.25) is 0 Å². The van der Waals surface area contributed by atoms with E-state index in [1.54, 1.807) is 0 Å². The summed E-state index contributed by atoms with van der Waals surface area (Å²) >= 11 is 7.28. The van der Waals surface area contributed by atoms with E-state index in [9.17, 15) is 4.39 Å². The highest BCUT2D eigenvalue weighted by Crippen LogP contribution is 2.33. The van der Waals surface area contributed by atoms with Gasteiger partial charge in [0.25, 0.3) is 0 Å². The molecule has 0 aliphatic heterocycles.